The Kier molecular flexibility index (Phi) is 9.90. The largest absolute Gasteiger partial charge is 0.496 e. The molecule has 1 aliphatic carbocycles. The molecule has 48 heavy (non-hydrogen) atoms. The molecule has 3 heterocycles. The van der Waals surface area contributed by atoms with Crippen LogP contribution in [0.1, 0.15) is 70.4 Å². The van der Waals surface area contributed by atoms with Gasteiger partial charge >= 0.3 is 6.03 Å². The molecule has 2 aliphatic heterocycles. The Balaban J connectivity index is 1.26. The van der Waals surface area contributed by atoms with Gasteiger partial charge < -0.3 is 24.6 Å². The number of urea groups is 1. The number of ether oxygens (including phenoxy) is 2. The number of likely N-dealkylation sites (tertiary alicyclic amines) is 2. The van der Waals surface area contributed by atoms with Crippen LogP contribution in [-0.4, -0.2) is 76.9 Å². The zero-order valence-electron chi connectivity index (χ0n) is 28.4. The van der Waals surface area contributed by atoms with Gasteiger partial charge in [-0.15, -0.1) is 0 Å². The lowest BCUT2D eigenvalue weighted by Crippen LogP contribution is -2.64. The Morgan fingerprint density at radius 1 is 1.06 bits per heavy atom. The summed E-state index contributed by atoms with van der Waals surface area (Å²) >= 11 is 0. The van der Waals surface area contributed by atoms with Gasteiger partial charge in [0.1, 0.15) is 17.4 Å². The summed E-state index contributed by atoms with van der Waals surface area (Å²) in [5.41, 5.74) is 0.221. The van der Waals surface area contributed by atoms with Crippen molar-refractivity contribution in [3.63, 3.8) is 0 Å². The molecule has 2 amide bonds. The second-order valence-corrected chi connectivity index (χ2v) is 14.0. The van der Waals surface area contributed by atoms with E-state index in [0.29, 0.717) is 50.5 Å². The predicted molar refractivity (Wildman–Crippen MR) is 180 cm³/mol. The van der Waals surface area contributed by atoms with E-state index < -0.39 is 23.3 Å². The van der Waals surface area contributed by atoms with Crippen molar-refractivity contribution in [3.05, 3.63) is 82.4 Å². The van der Waals surface area contributed by atoms with Gasteiger partial charge in [-0.05, 0) is 62.4 Å². The van der Waals surface area contributed by atoms with Crippen molar-refractivity contribution >= 4 is 6.03 Å². The van der Waals surface area contributed by atoms with Crippen LogP contribution in [0.5, 0.6) is 5.75 Å². The summed E-state index contributed by atoms with van der Waals surface area (Å²) in [5.74, 6) is -0.393. The number of nitrogens with one attached hydrogen (secondary N) is 1. The normalized spacial score (nSPS) is 24.0. The molecule has 3 aliphatic rings. The molecule has 6 rings (SSSR count). The average Bonchev–Trinajstić information content (AvgIpc) is 3.56. The van der Waals surface area contributed by atoms with E-state index in [-0.39, 0.29) is 34.7 Å². The standard InChI is InChI=1S/C37H47F2N5O4/c1-25(2)41-27-13-17-44(32(20-27)29-19-26(38)11-12-30(29)39)35(46)42-18-16-37(48-4,36(22-42)14-7-8-15-36)23-43-24-40-31(21-34(43)45)28-9-5-6-10-33(28)47-3/h5-6,9-12,19,21,24-25,27,32,41H,7-8,13-18,20,22-23H2,1-4H3/t27-,32+,37?/m1/s1. The Hall–Kier alpha value is -3.83. The second kappa shape index (κ2) is 14.0. The number of methoxy groups -OCH3 is 2. The molecule has 1 spiro atoms. The van der Waals surface area contributed by atoms with Crippen molar-refractivity contribution in [2.75, 3.05) is 33.9 Å². The first-order chi connectivity index (χ1) is 23.1. The predicted octanol–water partition coefficient (Wildman–Crippen LogP) is 6.17. The highest BCUT2D eigenvalue weighted by molar-refractivity contribution is 5.75. The van der Waals surface area contributed by atoms with Crippen LogP contribution in [0.4, 0.5) is 13.6 Å². The molecule has 1 saturated carbocycles. The van der Waals surface area contributed by atoms with E-state index in [9.17, 15) is 14.0 Å². The summed E-state index contributed by atoms with van der Waals surface area (Å²) in [6.07, 6.45) is 7.03. The van der Waals surface area contributed by atoms with Crippen LogP contribution < -0.4 is 15.6 Å². The van der Waals surface area contributed by atoms with Crippen molar-refractivity contribution in [1.82, 2.24) is 24.7 Å². The van der Waals surface area contributed by atoms with Crippen molar-refractivity contribution in [2.45, 2.75) is 89.1 Å². The first kappa shape index (κ1) is 34.0. The fourth-order valence-electron chi connectivity index (χ4n) is 8.51. The van der Waals surface area contributed by atoms with Crippen molar-refractivity contribution in [1.29, 1.82) is 0 Å². The number of aromatic nitrogens is 2. The molecule has 3 atom stereocenters. The fraction of sp³-hybridized carbons (Fsp3) is 0.541. The molecule has 2 aromatic carbocycles. The van der Waals surface area contributed by atoms with E-state index in [1.54, 1.807) is 30.0 Å². The monoisotopic (exact) mass is 663 g/mol. The maximum absolute atomic E-state index is 15.2. The van der Waals surface area contributed by atoms with Gasteiger partial charge in [-0.2, -0.15) is 0 Å². The lowest BCUT2D eigenvalue weighted by molar-refractivity contribution is -0.159. The molecule has 1 unspecified atom stereocenters. The van der Waals surface area contributed by atoms with Crippen LogP contribution >= 0.6 is 0 Å². The third kappa shape index (κ3) is 6.46. The van der Waals surface area contributed by atoms with Gasteiger partial charge in [-0.25, -0.2) is 18.6 Å². The van der Waals surface area contributed by atoms with E-state index in [0.717, 1.165) is 49.8 Å². The number of carbonyl (C=O) groups excluding carboxylic acids is 1. The number of hydrogen-bond donors (Lipinski definition) is 1. The lowest BCUT2D eigenvalue weighted by Gasteiger charge is -2.55. The van der Waals surface area contributed by atoms with E-state index in [2.05, 4.69) is 24.1 Å². The number of para-hydroxylation sites is 1. The minimum Gasteiger partial charge on any atom is -0.496 e. The molecule has 1 aromatic heterocycles. The number of rotatable bonds is 8. The molecular formula is C37H47F2N5O4. The van der Waals surface area contributed by atoms with Crippen molar-refractivity contribution in [3.8, 4) is 17.0 Å². The maximum Gasteiger partial charge on any atom is 0.320 e. The minimum absolute atomic E-state index is 0.0756. The number of halogens is 2. The first-order valence-corrected chi connectivity index (χ1v) is 17.1. The summed E-state index contributed by atoms with van der Waals surface area (Å²) in [4.78, 5) is 36.2. The van der Waals surface area contributed by atoms with E-state index >= 15 is 4.39 Å². The highest BCUT2D eigenvalue weighted by Crippen LogP contribution is 2.53. The third-order valence-corrected chi connectivity index (χ3v) is 10.9. The zero-order valence-corrected chi connectivity index (χ0v) is 28.4. The van der Waals surface area contributed by atoms with Gasteiger partial charge in [0.15, 0.2) is 0 Å². The molecule has 3 aromatic rings. The Morgan fingerprint density at radius 3 is 2.54 bits per heavy atom. The summed E-state index contributed by atoms with van der Waals surface area (Å²) in [5, 5.41) is 3.54. The highest BCUT2D eigenvalue weighted by atomic mass is 19.1. The topological polar surface area (TPSA) is 88.9 Å². The number of carbonyl (C=O) groups is 1. The molecule has 0 radical (unpaired) electrons. The summed E-state index contributed by atoms with van der Waals surface area (Å²) in [7, 11) is 3.29. The zero-order chi connectivity index (χ0) is 34.1. The number of hydrogen-bond acceptors (Lipinski definition) is 6. The Bertz CT molecular complexity index is 1680. The first-order valence-electron chi connectivity index (χ1n) is 17.1. The second-order valence-electron chi connectivity index (χ2n) is 14.0. The molecular weight excluding hydrogens is 616 g/mol. The van der Waals surface area contributed by atoms with Gasteiger partial charge in [0.05, 0.1) is 37.3 Å². The molecule has 0 bridgehead atoms. The number of piperidine rings is 2. The third-order valence-electron chi connectivity index (χ3n) is 10.9. The number of benzene rings is 2. The smallest absolute Gasteiger partial charge is 0.320 e. The molecule has 1 N–H and O–H groups in total. The molecule has 9 nitrogen and oxygen atoms in total. The molecule has 258 valence electrons. The summed E-state index contributed by atoms with van der Waals surface area (Å²) in [6, 6.07) is 12.0. The van der Waals surface area contributed by atoms with Gasteiger partial charge in [0.25, 0.3) is 5.56 Å². The van der Waals surface area contributed by atoms with Crippen molar-refractivity contribution < 1.29 is 23.0 Å². The minimum atomic E-state index is -0.694. The van der Waals surface area contributed by atoms with Crippen LogP contribution in [0.3, 0.4) is 0 Å². The Morgan fingerprint density at radius 2 is 1.83 bits per heavy atom. The van der Waals surface area contributed by atoms with Crippen molar-refractivity contribution in [2.24, 2.45) is 5.41 Å². The Labute approximate surface area is 281 Å². The van der Waals surface area contributed by atoms with Crippen LogP contribution in [-0.2, 0) is 11.3 Å². The van der Waals surface area contributed by atoms with Gasteiger partial charge in [0.2, 0.25) is 0 Å². The SMILES string of the molecule is COc1ccccc1-c1cc(=O)n(CC2(OC)CCN(C(=O)N3CC[C@@H](NC(C)C)C[C@H]3c3cc(F)ccc3F)CC23CCCC3)cn1. The quantitative estimate of drug-likeness (QED) is 0.310. The molecule has 11 heteroatoms. The van der Waals surface area contributed by atoms with E-state index in [4.69, 9.17) is 9.47 Å². The van der Waals surface area contributed by atoms with Gasteiger partial charge in [0, 0.05) is 61.4 Å². The van der Waals surface area contributed by atoms with Crippen LogP contribution in [0.2, 0.25) is 0 Å². The highest BCUT2D eigenvalue weighted by Gasteiger charge is 2.57. The number of amides is 2. The fourth-order valence-corrected chi connectivity index (χ4v) is 8.51. The van der Waals surface area contributed by atoms with Gasteiger partial charge in [-0.1, -0.05) is 38.8 Å². The summed E-state index contributed by atoms with van der Waals surface area (Å²) < 4.78 is 43.2. The summed E-state index contributed by atoms with van der Waals surface area (Å²) in [6.45, 7) is 5.74. The van der Waals surface area contributed by atoms with Crippen LogP contribution in [0, 0.1) is 17.0 Å². The van der Waals surface area contributed by atoms with E-state index in [1.807, 2.05) is 29.2 Å². The van der Waals surface area contributed by atoms with E-state index in [1.165, 1.54) is 12.1 Å². The number of nitrogens with zero attached hydrogens (tertiary/aromatic N) is 4. The lowest BCUT2D eigenvalue weighted by atomic mass is 9.65. The van der Waals surface area contributed by atoms with Crippen LogP contribution in [0.15, 0.2) is 59.7 Å². The molecule has 3 fully saturated rings. The maximum atomic E-state index is 15.2. The molecule has 2 saturated heterocycles. The average molecular weight is 664 g/mol. The van der Waals surface area contributed by atoms with Crippen LogP contribution in [0.25, 0.3) is 11.3 Å². The van der Waals surface area contributed by atoms with Gasteiger partial charge in [-0.3, -0.25) is 9.36 Å².